The van der Waals surface area contributed by atoms with Crippen LogP contribution in [0.15, 0.2) is 41.1 Å². The first kappa shape index (κ1) is 15.4. The Kier molecular flexibility index (Phi) is 4.52. The molecular weight excluding hydrogens is 292 g/mol. The Morgan fingerprint density at radius 2 is 2.00 bits per heavy atom. The minimum atomic E-state index is 0.0952. The molecule has 2 aromatic heterocycles. The van der Waals surface area contributed by atoms with Gasteiger partial charge in [0.1, 0.15) is 6.33 Å². The van der Waals surface area contributed by atoms with Crippen molar-refractivity contribution in [3.63, 3.8) is 0 Å². The van der Waals surface area contributed by atoms with Gasteiger partial charge in [-0.25, -0.2) is 9.97 Å². The second-order valence-electron chi connectivity index (χ2n) is 5.44. The number of aliphatic hydroxyl groups excluding tert-OH is 1. The molecule has 0 unspecified atom stereocenters. The number of hydrogen-bond acceptors (Lipinski definition) is 6. The van der Waals surface area contributed by atoms with Gasteiger partial charge in [-0.1, -0.05) is 30.3 Å². The third-order valence-corrected chi connectivity index (χ3v) is 3.86. The van der Waals surface area contributed by atoms with Gasteiger partial charge in [-0.2, -0.15) is 4.98 Å². The van der Waals surface area contributed by atoms with E-state index in [1.54, 1.807) is 6.92 Å². The normalized spacial score (nSPS) is 12.5. The molecule has 120 valence electrons. The lowest BCUT2D eigenvalue weighted by Crippen LogP contribution is -2.29. The minimum Gasteiger partial charge on any atom is -0.422 e. The van der Waals surface area contributed by atoms with Crippen LogP contribution in [-0.4, -0.2) is 33.2 Å². The molecule has 0 aliphatic heterocycles. The Bertz CT molecular complexity index is 773. The summed E-state index contributed by atoms with van der Waals surface area (Å²) in [7, 11) is 0. The lowest BCUT2D eigenvalue weighted by molar-refractivity contribution is 0.288. The molecule has 0 spiro atoms. The zero-order valence-electron chi connectivity index (χ0n) is 13.3. The van der Waals surface area contributed by atoms with Crippen LogP contribution in [0, 0.1) is 6.92 Å². The highest BCUT2D eigenvalue weighted by molar-refractivity contribution is 5.81. The van der Waals surface area contributed by atoms with Crippen molar-refractivity contribution in [1.82, 2.24) is 15.0 Å². The van der Waals surface area contributed by atoms with Crippen molar-refractivity contribution in [2.24, 2.45) is 0 Å². The lowest BCUT2D eigenvalue weighted by Gasteiger charge is -2.30. The van der Waals surface area contributed by atoms with Crippen LogP contribution >= 0.6 is 0 Å². The van der Waals surface area contributed by atoms with E-state index in [-0.39, 0.29) is 12.6 Å². The van der Waals surface area contributed by atoms with Crippen molar-refractivity contribution in [2.75, 3.05) is 18.1 Å². The molecule has 2 heterocycles. The molecule has 0 fully saturated rings. The van der Waals surface area contributed by atoms with Gasteiger partial charge >= 0.3 is 0 Å². The molecule has 3 aromatic rings. The molecule has 0 amide bonds. The van der Waals surface area contributed by atoms with E-state index in [2.05, 4.69) is 38.9 Å². The molecule has 1 N–H and O–H groups in total. The molecule has 1 aromatic carbocycles. The van der Waals surface area contributed by atoms with Crippen LogP contribution in [0.3, 0.4) is 0 Å². The SMILES string of the molecule is Cc1nc2c(N(CCCO)[C@H](C)c3ccccc3)ncnc2o1. The fourth-order valence-corrected chi connectivity index (χ4v) is 2.69. The molecule has 0 radical (unpaired) electrons. The largest absolute Gasteiger partial charge is 0.422 e. The maximum Gasteiger partial charge on any atom is 0.252 e. The van der Waals surface area contributed by atoms with E-state index in [9.17, 15) is 5.11 Å². The molecule has 0 bridgehead atoms. The third kappa shape index (κ3) is 3.17. The Hall–Kier alpha value is -2.47. The van der Waals surface area contributed by atoms with Gasteiger partial charge in [0.2, 0.25) is 0 Å². The van der Waals surface area contributed by atoms with Crippen molar-refractivity contribution >= 4 is 17.0 Å². The van der Waals surface area contributed by atoms with Gasteiger partial charge in [0.25, 0.3) is 5.71 Å². The third-order valence-electron chi connectivity index (χ3n) is 3.86. The van der Waals surface area contributed by atoms with E-state index < -0.39 is 0 Å². The van der Waals surface area contributed by atoms with Crippen molar-refractivity contribution in [3.05, 3.63) is 48.1 Å². The number of benzene rings is 1. The first-order chi connectivity index (χ1) is 11.2. The first-order valence-electron chi connectivity index (χ1n) is 7.71. The number of hydrogen-bond donors (Lipinski definition) is 1. The fraction of sp³-hybridized carbons (Fsp3) is 0.353. The van der Waals surface area contributed by atoms with Crippen LogP contribution in [0.1, 0.15) is 30.8 Å². The van der Waals surface area contributed by atoms with Crippen molar-refractivity contribution in [1.29, 1.82) is 0 Å². The van der Waals surface area contributed by atoms with Crippen LogP contribution in [0.25, 0.3) is 11.2 Å². The number of rotatable bonds is 6. The summed E-state index contributed by atoms with van der Waals surface area (Å²) in [5.74, 6) is 1.30. The highest BCUT2D eigenvalue weighted by Crippen LogP contribution is 2.30. The molecular formula is C17H20N4O2. The first-order valence-corrected chi connectivity index (χ1v) is 7.71. The van der Waals surface area contributed by atoms with Gasteiger partial charge in [0.15, 0.2) is 17.2 Å². The summed E-state index contributed by atoms with van der Waals surface area (Å²) < 4.78 is 5.51. The number of fused-ring (bicyclic) bond motifs is 1. The molecule has 23 heavy (non-hydrogen) atoms. The zero-order chi connectivity index (χ0) is 16.2. The van der Waals surface area contributed by atoms with Crippen LogP contribution in [0.5, 0.6) is 0 Å². The lowest BCUT2D eigenvalue weighted by atomic mass is 10.1. The summed E-state index contributed by atoms with van der Waals surface area (Å²) in [5.41, 5.74) is 2.32. The summed E-state index contributed by atoms with van der Waals surface area (Å²) in [6.45, 7) is 4.71. The highest BCUT2D eigenvalue weighted by Gasteiger charge is 2.22. The van der Waals surface area contributed by atoms with E-state index in [0.717, 1.165) is 5.82 Å². The van der Waals surface area contributed by atoms with Gasteiger partial charge in [-0.3, -0.25) is 0 Å². The quantitative estimate of drug-likeness (QED) is 0.754. The predicted octanol–water partition coefficient (Wildman–Crippen LogP) is 2.88. The highest BCUT2D eigenvalue weighted by atomic mass is 16.4. The maximum absolute atomic E-state index is 9.24. The van der Waals surface area contributed by atoms with Crippen LogP contribution in [-0.2, 0) is 0 Å². The van der Waals surface area contributed by atoms with Crippen LogP contribution in [0.4, 0.5) is 5.82 Å². The molecule has 1 atom stereocenters. The van der Waals surface area contributed by atoms with E-state index >= 15 is 0 Å². The van der Waals surface area contributed by atoms with Crippen molar-refractivity contribution in [3.8, 4) is 0 Å². The van der Waals surface area contributed by atoms with E-state index in [0.29, 0.717) is 30.1 Å². The molecule has 6 heteroatoms. The monoisotopic (exact) mass is 312 g/mol. The summed E-state index contributed by atoms with van der Waals surface area (Å²) in [6.07, 6.45) is 2.14. The minimum absolute atomic E-state index is 0.0952. The second kappa shape index (κ2) is 6.75. The summed E-state index contributed by atoms with van der Waals surface area (Å²) >= 11 is 0. The average molecular weight is 312 g/mol. The predicted molar refractivity (Wildman–Crippen MR) is 88.2 cm³/mol. The van der Waals surface area contributed by atoms with Crippen molar-refractivity contribution < 1.29 is 9.52 Å². The molecule has 0 aliphatic rings. The Morgan fingerprint density at radius 1 is 1.22 bits per heavy atom. The smallest absolute Gasteiger partial charge is 0.252 e. The summed E-state index contributed by atoms with van der Waals surface area (Å²) in [5, 5.41) is 9.24. The van der Waals surface area contributed by atoms with E-state index in [1.165, 1.54) is 11.9 Å². The molecule has 0 saturated carbocycles. The number of aromatic nitrogens is 3. The maximum atomic E-state index is 9.24. The van der Waals surface area contributed by atoms with Crippen LogP contribution < -0.4 is 4.90 Å². The second-order valence-corrected chi connectivity index (χ2v) is 5.44. The topological polar surface area (TPSA) is 75.3 Å². The number of anilines is 1. The number of oxazole rings is 1. The Labute approximate surface area is 134 Å². The Morgan fingerprint density at radius 3 is 2.74 bits per heavy atom. The fourth-order valence-electron chi connectivity index (χ4n) is 2.69. The zero-order valence-corrected chi connectivity index (χ0v) is 13.3. The number of nitrogens with zero attached hydrogens (tertiary/aromatic N) is 4. The van der Waals surface area contributed by atoms with Gasteiger partial charge in [-0.05, 0) is 18.9 Å². The van der Waals surface area contributed by atoms with Gasteiger partial charge in [0.05, 0.1) is 6.04 Å². The summed E-state index contributed by atoms with van der Waals surface area (Å²) in [4.78, 5) is 15.1. The molecule has 0 saturated heterocycles. The van der Waals surface area contributed by atoms with E-state index in [4.69, 9.17) is 4.42 Å². The van der Waals surface area contributed by atoms with Crippen LogP contribution in [0.2, 0.25) is 0 Å². The standard InChI is InChI=1S/C17H20N4O2/c1-12(14-7-4-3-5-8-14)21(9-6-10-22)16-15-17(19-11-18-16)23-13(2)20-15/h3-5,7-8,11-12,22H,6,9-10H2,1-2H3/t12-/m1/s1. The average Bonchev–Trinajstić information content (AvgIpc) is 2.96. The number of aryl methyl sites for hydroxylation is 1. The molecule has 0 aliphatic carbocycles. The summed E-state index contributed by atoms with van der Waals surface area (Å²) in [6, 6.07) is 10.3. The van der Waals surface area contributed by atoms with Crippen molar-refractivity contribution in [2.45, 2.75) is 26.3 Å². The van der Waals surface area contributed by atoms with Gasteiger partial charge in [-0.15, -0.1) is 0 Å². The molecule has 6 nitrogen and oxygen atoms in total. The molecule has 3 rings (SSSR count). The van der Waals surface area contributed by atoms with Gasteiger partial charge < -0.3 is 14.4 Å². The Balaban J connectivity index is 2.04. The van der Waals surface area contributed by atoms with E-state index in [1.807, 2.05) is 18.2 Å². The number of aliphatic hydroxyl groups is 1. The van der Waals surface area contributed by atoms with Gasteiger partial charge in [0, 0.05) is 20.1 Å².